The van der Waals surface area contributed by atoms with Gasteiger partial charge in [-0.3, -0.25) is 0 Å². The Kier molecular flexibility index (Phi) is 9.56. The average Bonchev–Trinajstić information content (AvgIpc) is 3.07. The number of hydrogen-bond acceptors (Lipinski definition) is 1. The lowest BCUT2D eigenvalue weighted by Gasteiger charge is -2.29. The van der Waals surface area contributed by atoms with Crippen LogP contribution in [0.3, 0.4) is 0 Å². The summed E-state index contributed by atoms with van der Waals surface area (Å²) in [5.41, 5.74) is 2.50. The van der Waals surface area contributed by atoms with Gasteiger partial charge in [-0.25, -0.2) is 0 Å². The van der Waals surface area contributed by atoms with E-state index >= 15 is 0 Å². The molecule has 6 rings (SSSR count). The summed E-state index contributed by atoms with van der Waals surface area (Å²) in [5.74, 6) is 0. The maximum atomic E-state index is 6.97. The highest BCUT2D eigenvalue weighted by molar-refractivity contribution is 7.80. The smallest absolute Gasteiger partial charge is 0.0811 e. The van der Waals surface area contributed by atoms with Crippen LogP contribution in [0.4, 0.5) is 0 Å². The van der Waals surface area contributed by atoms with Crippen molar-refractivity contribution in [1.29, 1.82) is 0 Å². The molecule has 0 spiro atoms. The van der Waals surface area contributed by atoms with E-state index in [0.29, 0.717) is 0 Å². The van der Waals surface area contributed by atoms with Crippen LogP contribution in [0.2, 0.25) is 0 Å². The van der Waals surface area contributed by atoms with Crippen LogP contribution in [-0.2, 0) is 4.74 Å². The van der Waals surface area contributed by atoms with E-state index in [4.69, 9.17) is 4.74 Å². The van der Waals surface area contributed by atoms with E-state index in [1.54, 1.807) is 0 Å². The van der Waals surface area contributed by atoms with Crippen molar-refractivity contribution in [3.63, 3.8) is 0 Å². The van der Waals surface area contributed by atoms with Gasteiger partial charge in [0.15, 0.2) is 0 Å². The maximum absolute atomic E-state index is 6.97. The zero-order chi connectivity index (χ0) is 29.4. The molecule has 3 heteroatoms. The molecule has 0 saturated heterocycles. The van der Waals surface area contributed by atoms with Crippen molar-refractivity contribution < 1.29 is 4.74 Å². The van der Waals surface area contributed by atoms with Crippen LogP contribution in [0.5, 0.6) is 0 Å². The molecule has 2 unspecified atom stereocenters. The Morgan fingerprint density at radius 2 is 0.605 bits per heavy atom. The second-order valence-corrected chi connectivity index (χ2v) is 14.9. The van der Waals surface area contributed by atoms with Gasteiger partial charge in [0.2, 0.25) is 0 Å². The molecule has 6 aromatic rings. The SMILES string of the molecule is CC(OC(C)c1ccccc1P(c1ccccc1)c1ccccc1)c1ccccc1P(c1ccccc1)c1ccccc1. The molecule has 6 aromatic carbocycles. The molecule has 0 fully saturated rings. The zero-order valence-electron chi connectivity index (χ0n) is 24.6. The first-order valence-electron chi connectivity index (χ1n) is 14.8. The normalized spacial score (nSPS) is 12.7. The second kappa shape index (κ2) is 14.1. The van der Waals surface area contributed by atoms with Gasteiger partial charge >= 0.3 is 0 Å². The van der Waals surface area contributed by atoms with Crippen molar-refractivity contribution in [2.45, 2.75) is 26.1 Å². The van der Waals surface area contributed by atoms with Crippen molar-refractivity contribution in [3.05, 3.63) is 181 Å². The second-order valence-electron chi connectivity index (χ2n) is 10.6. The van der Waals surface area contributed by atoms with Gasteiger partial charge in [-0.1, -0.05) is 170 Å². The highest BCUT2D eigenvalue weighted by atomic mass is 31.1. The summed E-state index contributed by atoms with van der Waals surface area (Å²) in [7, 11) is -1.46. The fraction of sp³-hybridized carbons (Fsp3) is 0.100. The Morgan fingerprint density at radius 3 is 0.907 bits per heavy atom. The third-order valence-corrected chi connectivity index (χ3v) is 12.7. The summed E-state index contributed by atoms with van der Waals surface area (Å²) in [6.07, 6.45) is -0.173. The van der Waals surface area contributed by atoms with Crippen molar-refractivity contribution in [1.82, 2.24) is 0 Å². The monoisotopic (exact) mass is 594 g/mol. The van der Waals surface area contributed by atoms with Gasteiger partial charge in [-0.15, -0.1) is 0 Å². The average molecular weight is 595 g/mol. The zero-order valence-corrected chi connectivity index (χ0v) is 26.4. The van der Waals surface area contributed by atoms with Crippen LogP contribution in [-0.4, -0.2) is 0 Å². The molecule has 1 nitrogen and oxygen atoms in total. The fourth-order valence-electron chi connectivity index (χ4n) is 5.69. The van der Waals surface area contributed by atoms with Crippen LogP contribution in [0.25, 0.3) is 0 Å². The molecule has 0 aliphatic rings. The molecule has 0 radical (unpaired) electrons. The minimum Gasteiger partial charge on any atom is -0.366 e. The molecular formula is C40H36OP2. The number of hydrogen-bond donors (Lipinski definition) is 0. The lowest BCUT2D eigenvalue weighted by Crippen LogP contribution is -2.26. The summed E-state index contributed by atoms with van der Waals surface area (Å²) in [6, 6.07) is 61.3. The van der Waals surface area contributed by atoms with Crippen molar-refractivity contribution in [3.8, 4) is 0 Å². The highest BCUT2D eigenvalue weighted by Crippen LogP contribution is 2.39. The first-order valence-corrected chi connectivity index (χ1v) is 17.5. The summed E-state index contributed by atoms with van der Waals surface area (Å²) in [5, 5.41) is 8.07. The molecule has 0 aromatic heterocycles. The van der Waals surface area contributed by atoms with E-state index in [-0.39, 0.29) is 12.2 Å². The van der Waals surface area contributed by atoms with Gasteiger partial charge in [0.05, 0.1) is 12.2 Å². The van der Waals surface area contributed by atoms with E-state index in [2.05, 4.69) is 184 Å². The first-order chi connectivity index (χ1) is 21.2. The van der Waals surface area contributed by atoms with Gasteiger partial charge in [-0.05, 0) is 72.6 Å². The van der Waals surface area contributed by atoms with Gasteiger partial charge < -0.3 is 4.74 Å². The molecule has 0 saturated carbocycles. The van der Waals surface area contributed by atoms with Gasteiger partial charge in [0, 0.05) is 0 Å². The Morgan fingerprint density at radius 1 is 0.349 bits per heavy atom. The third-order valence-electron chi connectivity index (χ3n) is 7.70. The van der Waals surface area contributed by atoms with Crippen LogP contribution in [0.15, 0.2) is 170 Å². The van der Waals surface area contributed by atoms with Gasteiger partial charge in [0.25, 0.3) is 0 Å². The Balaban J connectivity index is 1.36. The molecular weight excluding hydrogens is 558 g/mol. The topological polar surface area (TPSA) is 9.23 Å². The summed E-state index contributed by atoms with van der Waals surface area (Å²) < 4.78 is 6.97. The van der Waals surface area contributed by atoms with Crippen molar-refractivity contribution in [2.24, 2.45) is 0 Å². The fourth-order valence-corrected chi connectivity index (χ4v) is 10.8. The minimum atomic E-state index is -0.732. The summed E-state index contributed by atoms with van der Waals surface area (Å²) in [6.45, 7) is 4.41. The Hall–Kier alpha value is -3.86. The van der Waals surface area contributed by atoms with Crippen LogP contribution in [0.1, 0.15) is 37.2 Å². The molecule has 2 atom stereocenters. The molecule has 0 N–H and O–H groups in total. The maximum Gasteiger partial charge on any atom is 0.0811 e. The van der Waals surface area contributed by atoms with Crippen LogP contribution >= 0.6 is 15.8 Å². The predicted molar refractivity (Wildman–Crippen MR) is 188 cm³/mol. The Labute approximate surface area is 258 Å². The molecule has 43 heavy (non-hydrogen) atoms. The largest absolute Gasteiger partial charge is 0.366 e. The van der Waals surface area contributed by atoms with Crippen molar-refractivity contribution in [2.75, 3.05) is 0 Å². The number of rotatable bonds is 10. The van der Waals surface area contributed by atoms with Crippen LogP contribution in [0, 0.1) is 0 Å². The predicted octanol–water partition coefficient (Wildman–Crippen LogP) is 8.04. The first kappa shape index (κ1) is 29.2. The van der Waals surface area contributed by atoms with E-state index in [0.717, 1.165) is 0 Å². The molecule has 0 aliphatic heterocycles. The highest BCUT2D eigenvalue weighted by Gasteiger charge is 2.26. The van der Waals surface area contributed by atoms with E-state index in [9.17, 15) is 0 Å². The lowest BCUT2D eigenvalue weighted by atomic mass is 10.1. The third kappa shape index (κ3) is 6.71. The van der Waals surface area contributed by atoms with Gasteiger partial charge in [-0.2, -0.15) is 0 Å². The summed E-state index contributed by atoms with van der Waals surface area (Å²) in [4.78, 5) is 0. The lowest BCUT2D eigenvalue weighted by molar-refractivity contribution is 0.00696. The van der Waals surface area contributed by atoms with E-state index < -0.39 is 15.8 Å². The number of ether oxygens (including phenoxy) is 1. The molecule has 0 heterocycles. The number of benzene rings is 6. The van der Waals surface area contributed by atoms with E-state index in [1.165, 1.54) is 43.0 Å². The minimum absolute atomic E-state index is 0.0867. The molecule has 0 aliphatic carbocycles. The van der Waals surface area contributed by atoms with Crippen LogP contribution < -0.4 is 31.8 Å². The van der Waals surface area contributed by atoms with E-state index in [1.807, 2.05) is 0 Å². The molecule has 0 bridgehead atoms. The van der Waals surface area contributed by atoms with Crippen molar-refractivity contribution >= 4 is 47.7 Å². The molecule has 0 amide bonds. The Bertz CT molecular complexity index is 1510. The summed E-state index contributed by atoms with van der Waals surface area (Å²) >= 11 is 0. The van der Waals surface area contributed by atoms with Gasteiger partial charge in [0.1, 0.15) is 0 Å². The molecule has 212 valence electrons. The standard InChI is InChI=1S/C40H36OP2/c1-31(37-27-15-17-29-39(37)42(33-19-7-3-8-20-33)34-21-9-4-10-22-34)41-32(2)38-28-16-18-30-40(38)43(35-23-11-5-12-24-35)36-25-13-6-14-26-36/h3-32H,1-2H3. The quantitative estimate of drug-likeness (QED) is 0.146.